The Labute approximate surface area is 91.1 Å². The molecule has 1 aromatic rings. The number of hydrogen-bond acceptors (Lipinski definition) is 2. The van der Waals surface area contributed by atoms with Gasteiger partial charge in [-0.2, -0.15) is 0 Å². The fraction of sp³-hybridized carbons (Fsp3) is 0.538. The summed E-state index contributed by atoms with van der Waals surface area (Å²) in [5.41, 5.74) is 4.46. The first-order valence-electron chi connectivity index (χ1n) is 5.96. The Morgan fingerprint density at radius 3 is 2.93 bits per heavy atom. The van der Waals surface area contributed by atoms with Crippen LogP contribution in [0.3, 0.4) is 0 Å². The number of nitrogens with one attached hydrogen (secondary N) is 2. The average Bonchev–Trinajstić information content (AvgIpc) is 2.95. The van der Waals surface area contributed by atoms with Crippen molar-refractivity contribution in [3.05, 3.63) is 34.9 Å². The van der Waals surface area contributed by atoms with E-state index in [-0.39, 0.29) is 0 Å². The van der Waals surface area contributed by atoms with Crippen molar-refractivity contribution in [3.8, 4) is 0 Å². The highest BCUT2D eigenvalue weighted by atomic mass is 14.9. The fourth-order valence-corrected chi connectivity index (χ4v) is 2.21. The molecule has 2 nitrogen and oxygen atoms in total. The zero-order chi connectivity index (χ0) is 10.1. The SMILES string of the molecule is c1cc2c(cc1CCNC1CC1)CNC2. The molecule has 0 spiro atoms. The highest BCUT2D eigenvalue weighted by Crippen LogP contribution is 2.19. The van der Waals surface area contributed by atoms with E-state index in [1.807, 2.05) is 0 Å². The van der Waals surface area contributed by atoms with Gasteiger partial charge in [-0.15, -0.1) is 0 Å². The Morgan fingerprint density at radius 1 is 1.20 bits per heavy atom. The minimum absolute atomic E-state index is 0.834. The molecule has 15 heavy (non-hydrogen) atoms. The maximum atomic E-state index is 3.56. The summed E-state index contributed by atoms with van der Waals surface area (Å²) in [6, 6.07) is 7.76. The van der Waals surface area contributed by atoms with Crippen LogP contribution < -0.4 is 10.6 Å². The molecular weight excluding hydrogens is 184 g/mol. The number of rotatable bonds is 4. The van der Waals surface area contributed by atoms with E-state index in [2.05, 4.69) is 28.8 Å². The van der Waals surface area contributed by atoms with Gasteiger partial charge >= 0.3 is 0 Å². The van der Waals surface area contributed by atoms with Gasteiger partial charge in [-0.3, -0.25) is 0 Å². The first-order valence-corrected chi connectivity index (χ1v) is 5.96. The summed E-state index contributed by atoms with van der Waals surface area (Å²) in [6.45, 7) is 3.24. The van der Waals surface area contributed by atoms with Gasteiger partial charge in [0.1, 0.15) is 0 Å². The van der Waals surface area contributed by atoms with Crippen molar-refractivity contribution in [2.45, 2.75) is 38.4 Å². The highest BCUT2D eigenvalue weighted by molar-refractivity contribution is 5.34. The third-order valence-electron chi connectivity index (χ3n) is 3.33. The van der Waals surface area contributed by atoms with Crippen LogP contribution in [0.4, 0.5) is 0 Å². The zero-order valence-corrected chi connectivity index (χ0v) is 9.05. The summed E-state index contributed by atoms with van der Waals surface area (Å²) in [4.78, 5) is 0. The van der Waals surface area contributed by atoms with Gasteiger partial charge < -0.3 is 10.6 Å². The van der Waals surface area contributed by atoms with Crippen LogP contribution in [0.5, 0.6) is 0 Å². The second-order valence-corrected chi connectivity index (χ2v) is 4.69. The van der Waals surface area contributed by atoms with E-state index < -0.39 is 0 Å². The van der Waals surface area contributed by atoms with E-state index in [0.29, 0.717) is 0 Å². The second-order valence-electron chi connectivity index (χ2n) is 4.69. The summed E-state index contributed by atoms with van der Waals surface area (Å²) in [7, 11) is 0. The largest absolute Gasteiger partial charge is 0.314 e. The van der Waals surface area contributed by atoms with Crippen LogP contribution in [-0.4, -0.2) is 12.6 Å². The Morgan fingerprint density at radius 2 is 2.07 bits per heavy atom. The van der Waals surface area contributed by atoms with Gasteiger partial charge in [-0.1, -0.05) is 18.2 Å². The molecule has 80 valence electrons. The minimum Gasteiger partial charge on any atom is -0.314 e. The highest BCUT2D eigenvalue weighted by Gasteiger charge is 2.19. The first kappa shape index (κ1) is 9.37. The zero-order valence-electron chi connectivity index (χ0n) is 9.05. The lowest BCUT2D eigenvalue weighted by atomic mass is 10.0. The van der Waals surface area contributed by atoms with Crippen molar-refractivity contribution in [1.82, 2.24) is 10.6 Å². The molecular formula is C13H18N2. The van der Waals surface area contributed by atoms with E-state index in [1.165, 1.54) is 36.0 Å². The van der Waals surface area contributed by atoms with Crippen LogP contribution in [0.25, 0.3) is 0 Å². The topological polar surface area (TPSA) is 24.1 Å². The Kier molecular flexibility index (Phi) is 2.47. The van der Waals surface area contributed by atoms with Crippen molar-refractivity contribution < 1.29 is 0 Å². The molecule has 0 unspecified atom stereocenters. The van der Waals surface area contributed by atoms with Gasteiger partial charge in [0.05, 0.1) is 0 Å². The van der Waals surface area contributed by atoms with E-state index >= 15 is 0 Å². The van der Waals surface area contributed by atoms with Crippen LogP contribution in [0.15, 0.2) is 18.2 Å². The van der Waals surface area contributed by atoms with Gasteiger partial charge in [0.2, 0.25) is 0 Å². The van der Waals surface area contributed by atoms with Crippen LogP contribution in [0.2, 0.25) is 0 Å². The molecule has 0 atom stereocenters. The molecule has 3 rings (SSSR count). The van der Waals surface area contributed by atoms with Crippen LogP contribution >= 0.6 is 0 Å². The number of fused-ring (bicyclic) bond motifs is 1. The number of benzene rings is 1. The molecule has 1 aliphatic heterocycles. The van der Waals surface area contributed by atoms with Crippen molar-refractivity contribution in [2.24, 2.45) is 0 Å². The van der Waals surface area contributed by atoms with Crippen molar-refractivity contribution >= 4 is 0 Å². The molecule has 1 aliphatic carbocycles. The standard InChI is InChI=1S/C13H18N2/c1-2-11-8-14-9-12(11)7-10(1)5-6-15-13-3-4-13/h1-2,7,13-15H,3-6,8-9H2. The third-order valence-corrected chi connectivity index (χ3v) is 3.33. The summed E-state index contributed by atoms with van der Waals surface area (Å²) >= 11 is 0. The van der Waals surface area contributed by atoms with Crippen LogP contribution in [0.1, 0.15) is 29.5 Å². The molecule has 0 aromatic heterocycles. The third kappa shape index (κ3) is 2.21. The quantitative estimate of drug-likeness (QED) is 0.774. The van der Waals surface area contributed by atoms with Crippen LogP contribution in [-0.2, 0) is 19.5 Å². The van der Waals surface area contributed by atoms with E-state index in [9.17, 15) is 0 Å². The monoisotopic (exact) mass is 202 g/mol. The Bertz CT molecular complexity index is 356. The molecule has 0 saturated heterocycles. The van der Waals surface area contributed by atoms with E-state index in [0.717, 1.165) is 25.7 Å². The first-order chi connectivity index (χ1) is 7.42. The van der Waals surface area contributed by atoms with Gasteiger partial charge in [-0.25, -0.2) is 0 Å². The lowest BCUT2D eigenvalue weighted by Crippen LogP contribution is -2.19. The summed E-state index contributed by atoms with van der Waals surface area (Å²) in [5, 5.41) is 6.94. The fourth-order valence-electron chi connectivity index (χ4n) is 2.21. The molecule has 1 saturated carbocycles. The molecule has 0 radical (unpaired) electrons. The molecule has 0 bridgehead atoms. The smallest absolute Gasteiger partial charge is 0.0212 e. The predicted octanol–water partition coefficient (Wildman–Crippen LogP) is 1.58. The van der Waals surface area contributed by atoms with E-state index in [1.54, 1.807) is 0 Å². The molecule has 2 aliphatic rings. The average molecular weight is 202 g/mol. The lowest BCUT2D eigenvalue weighted by Gasteiger charge is -2.05. The molecule has 2 N–H and O–H groups in total. The molecule has 1 aromatic carbocycles. The second kappa shape index (κ2) is 3.95. The van der Waals surface area contributed by atoms with Gasteiger partial charge in [0, 0.05) is 19.1 Å². The van der Waals surface area contributed by atoms with Gasteiger partial charge in [0.15, 0.2) is 0 Å². The molecule has 0 amide bonds. The van der Waals surface area contributed by atoms with Gasteiger partial charge in [0.25, 0.3) is 0 Å². The predicted molar refractivity (Wildman–Crippen MR) is 61.7 cm³/mol. The summed E-state index contributed by atoms with van der Waals surface area (Å²) in [5.74, 6) is 0. The van der Waals surface area contributed by atoms with E-state index in [4.69, 9.17) is 0 Å². The molecule has 1 heterocycles. The molecule has 1 fully saturated rings. The maximum absolute atomic E-state index is 3.56. The van der Waals surface area contributed by atoms with Crippen molar-refractivity contribution in [2.75, 3.05) is 6.54 Å². The normalized spacial score (nSPS) is 19.2. The van der Waals surface area contributed by atoms with Crippen LogP contribution in [0, 0.1) is 0 Å². The minimum atomic E-state index is 0.834. The Balaban J connectivity index is 1.59. The molecule has 2 heteroatoms. The number of hydrogen-bond donors (Lipinski definition) is 2. The lowest BCUT2D eigenvalue weighted by molar-refractivity contribution is 0.681. The van der Waals surface area contributed by atoms with Crippen molar-refractivity contribution in [1.29, 1.82) is 0 Å². The van der Waals surface area contributed by atoms with Crippen molar-refractivity contribution in [3.63, 3.8) is 0 Å². The summed E-state index contributed by atoms with van der Waals surface area (Å²) < 4.78 is 0. The van der Waals surface area contributed by atoms with Gasteiger partial charge in [-0.05, 0) is 42.5 Å². The Hall–Kier alpha value is -0.860. The maximum Gasteiger partial charge on any atom is 0.0212 e. The summed E-state index contributed by atoms with van der Waals surface area (Å²) in [6.07, 6.45) is 3.94.